The first-order valence-corrected chi connectivity index (χ1v) is 9.68. The number of alkyl halides is 1. The lowest BCUT2D eigenvalue weighted by molar-refractivity contribution is 0.102. The molecule has 0 fully saturated rings. The van der Waals surface area contributed by atoms with Crippen LogP contribution < -0.4 is 5.32 Å². The molecule has 1 heterocycles. The number of anilines is 1. The molecule has 4 heteroatoms. The predicted octanol–water partition coefficient (Wildman–Crippen LogP) is 6.19. The largest absolute Gasteiger partial charge is 0.344 e. The summed E-state index contributed by atoms with van der Waals surface area (Å²) in [6.45, 7) is 2.24. The zero-order valence-electron chi connectivity index (χ0n) is 15.9. The average Bonchev–Trinajstić information content (AvgIpc) is 3.07. The van der Waals surface area contributed by atoms with Gasteiger partial charge in [0.1, 0.15) is 6.17 Å². The van der Waals surface area contributed by atoms with Gasteiger partial charge in [0, 0.05) is 28.2 Å². The van der Waals surface area contributed by atoms with E-state index in [0.717, 1.165) is 33.8 Å². The van der Waals surface area contributed by atoms with Crippen LogP contribution in [0.5, 0.6) is 0 Å². The Hall–Kier alpha value is -3.14. The molecule has 0 radical (unpaired) electrons. The number of halogens is 1. The van der Waals surface area contributed by atoms with E-state index in [0.29, 0.717) is 12.0 Å². The van der Waals surface area contributed by atoms with Crippen molar-refractivity contribution in [3.8, 4) is 0 Å². The maximum atomic E-state index is 14.2. The molecular formula is C24H23FN2O. The van der Waals surface area contributed by atoms with E-state index < -0.39 is 6.17 Å². The molecule has 0 aliphatic carbocycles. The Morgan fingerprint density at radius 3 is 2.54 bits per heavy atom. The first kappa shape index (κ1) is 18.2. The Morgan fingerprint density at radius 2 is 1.71 bits per heavy atom. The van der Waals surface area contributed by atoms with Gasteiger partial charge in [-0.25, -0.2) is 4.39 Å². The molecule has 0 saturated carbocycles. The van der Waals surface area contributed by atoms with Crippen LogP contribution >= 0.6 is 0 Å². The molecule has 0 aliphatic heterocycles. The highest BCUT2D eigenvalue weighted by atomic mass is 19.1. The maximum absolute atomic E-state index is 14.2. The molecule has 142 valence electrons. The quantitative estimate of drug-likeness (QED) is 0.429. The third-order valence-electron chi connectivity index (χ3n) is 5.07. The molecule has 3 nitrogen and oxygen atoms in total. The highest BCUT2D eigenvalue weighted by Gasteiger charge is 2.17. The van der Waals surface area contributed by atoms with Gasteiger partial charge in [-0.15, -0.1) is 0 Å². The fourth-order valence-corrected chi connectivity index (χ4v) is 3.72. The van der Waals surface area contributed by atoms with Gasteiger partial charge < -0.3 is 9.88 Å². The van der Waals surface area contributed by atoms with Crippen molar-refractivity contribution in [2.45, 2.75) is 32.5 Å². The number of aromatic nitrogens is 1. The fraction of sp³-hybridized carbons (Fsp3) is 0.208. The molecule has 0 aliphatic rings. The van der Waals surface area contributed by atoms with Gasteiger partial charge in [-0.1, -0.05) is 67.9 Å². The van der Waals surface area contributed by atoms with Crippen molar-refractivity contribution in [2.24, 2.45) is 0 Å². The van der Waals surface area contributed by atoms with Gasteiger partial charge in [0.25, 0.3) is 5.91 Å². The second-order valence-electron chi connectivity index (χ2n) is 7.08. The van der Waals surface area contributed by atoms with Crippen LogP contribution in [0.25, 0.3) is 21.7 Å². The lowest BCUT2D eigenvalue weighted by Crippen LogP contribution is -2.13. The van der Waals surface area contributed by atoms with Crippen LogP contribution in [0.3, 0.4) is 0 Å². The minimum atomic E-state index is -0.921. The Bertz CT molecular complexity index is 1130. The molecule has 0 bridgehead atoms. The summed E-state index contributed by atoms with van der Waals surface area (Å²) < 4.78 is 16.1. The van der Waals surface area contributed by atoms with Crippen LogP contribution in [-0.2, 0) is 6.54 Å². The highest BCUT2D eigenvalue weighted by molar-refractivity contribution is 6.15. The third-order valence-corrected chi connectivity index (χ3v) is 5.07. The monoisotopic (exact) mass is 374 g/mol. The van der Waals surface area contributed by atoms with Crippen LogP contribution in [-0.4, -0.2) is 16.6 Å². The highest BCUT2D eigenvalue weighted by Crippen LogP contribution is 2.26. The van der Waals surface area contributed by atoms with E-state index in [4.69, 9.17) is 0 Å². The van der Waals surface area contributed by atoms with E-state index in [2.05, 4.69) is 5.32 Å². The summed E-state index contributed by atoms with van der Waals surface area (Å²) in [5, 5.41) is 5.94. The average molecular weight is 374 g/mol. The summed E-state index contributed by atoms with van der Waals surface area (Å²) in [4.78, 5) is 13.1. The molecule has 1 atom stereocenters. The first-order valence-electron chi connectivity index (χ1n) is 9.68. The minimum absolute atomic E-state index is 0.183. The van der Waals surface area contributed by atoms with E-state index in [1.807, 2.05) is 78.2 Å². The standard InChI is InChI=1S/C24H23FN2O/c1-2-8-18(25)15-27-16-21(20-12-5-6-14-23(20)27)24(28)26-22-13-7-10-17-9-3-4-11-19(17)22/h3-7,9-14,16,18H,2,8,15H2,1H3,(H,26,28)/t18-/m1/s1. The number of amides is 1. The number of nitrogens with zero attached hydrogens (tertiary/aromatic N) is 1. The molecular weight excluding hydrogens is 351 g/mol. The van der Waals surface area contributed by atoms with Crippen LogP contribution in [0.2, 0.25) is 0 Å². The number of hydrogen-bond donors (Lipinski definition) is 1. The van der Waals surface area contributed by atoms with Crippen molar-refractivity contribution in [3.05, 3.63) is 78.5 Å². The molecule has 3 aromatic carbocycles. The number of fused-ring (bicyclic) bond motifs is 2. The molecule has 0 unspecified atom stereocenters. The van der Waals surface area contributed by atoms with E-state index in [9.17, 15) is 9.18 Å². The first-order chi connectivity index (χ1) is 13.7. The predicted molar refractivity (Wildman–Crippen MR) is 114 cm³/mol. The van der Waals surface area contributed by atoms with Gasteiger partial charge in [0.05, 0.1) is 12.1 Å². The number of carbonyl (C=O) groups is 1. The van der Waals surface area contributed by atoms with E-state index in [1.165, 1.54) is 0 Å². The van der Waals surface area contributed by atoms with Crippen molar-refractivity contribution in [1.82, 2.24) is 4.57 Å². The number of carbonyl (C=O) groups excluding carboxylic acids is 1. The van der Waals surface area contributed by atoms with Gasteiger partial charge in [0.2, 0.25) is 0 Å². The van der Waals surface area contributed by atoms with Gasteiger partial charge in [-0.3, -0.25) is 4.79 Å². The maximum Gasteiger partial charge on any atom is 0.257 e. The van der Waals surface area contributed by atoms with Crippen LogP contribution in [0, 0.1) is 0 Å². The summed E-state index contributed by atoms with van der Waals surface area (Å²) in [5.41, 5.74) is 2.21. The van der Waals surface area contributed by atoms with Crippen LogP contribution in [0.1, 0.15) is 30.1 Å². The zero-order chi connectivity index (χ0) is 19.5. The lowest BCUT2D eigenvalue weighted by atomic mass is 10.1. The van der Waals surface area contributed by atoms with Gasteiger partial charge in [0.15, 0.2) is 0 Å². The molecule has 1 aromatic heterocycles. The van der Waals surface area contributed by atoms with E-state index >= 15 is 0 Å². The smallest absolute Gasteiger partial charge is 0.257 e. The number of benzene rings is 3. The third kappa shape index (κ3) is 3.50. The van der Waals surface area contributed by atoms with Crippen molar-refractivity contribution < 1.29 is 9.18 Å². The summed E-state index contributed by atoms with van der Waals surface area (Å²) >= 11 is 0. The van der Waals surface area contributed by atoms with Gasteiger partial charge in [-0.2, -0.15) is 0 Å². The molecule has 4 rings (SSSR count). The number of rotatable bonds is 6. The van der Waals surface area contributed by atoms with Crippen molar-refractivity contribution >= 4 is 33.3 Å². The Kier molecular flexibility index (Phi) is 5.11. The normalized spacial score (nSPS) is 12.4. The Morgan fingerprint density at radius 1 is 1.00 bits per heavy atom. The molecule has 1 N–H and O–H groups in total. The van der Waals surface area contributed by atoms with Crippen molar-refractivity contribution in [1.29, 1.82) is 0 Å². The van der Waals surface area contributed by atoms with E-state index in [1.54, 1.807) is 6.20 Å². The molecule has 0 spiro atoms. The number of hydrogen-bond acceptors (Lipinski definition) is 1. The fourth-order valence-electron chi connectivity index (χ4n) is 3.72. The second kappa shape index (κ2) is 7.85. The molecule has 1 amide bonds. The second-order valence-corrected chi connectivity index (χ2v) is 7.08. The lowest BCUT2D eigenvalue weighted by Gasteiger charge is -2.09. The van der Waals surface area contributed by atoms with Gasteiger partial charge >= 0.3 is 0 Å². The zero-order valence-corrected chi connectivity index (χ0v) is 15.9. The van der Waals surface area contributed by atoms with Crippen LogP contribution in [0.4, 0.5) is 10.1 Å². The number of para-hydroxylation sites is 1. The summed E-state index contributed by atoms with van der Waals surface area (Å²) in [7, 11) is 0. The van der Waals surface area contributed by atoms with Crippen LogP contribution in [0.15, 0.2) is 72.9 Å². The van der Waals surface area contributed by atoms with Gasteiger partial charge in [-0.05, 0) is 23.9 Å². The Labute approximate surface area is 163 Å². The molecule has 28 heavy (non-hydrogen) atoms. The SMILES string of the molecule is CCC[C@@H](F)Cn1cc(C(=O)Nc2cccc3ccccc23)c2ccccc21. The molecule has 4 aromatic rings. The summed E-state index contributed by atoms with van der Waals surface area (Å²) in [5.74, 6) is -0.183. The summed E-state index contributed by atoms with van der Waals surface area (Å²) in [6.07, 6.45) is 2.17. The molecule has 0 saturated heterocycles. The van der Waals surface area contributed by atoms with Crippen molar-refractivity contribution in [2.75, 3.05) is 5.32 Å². The topological polar surface area (TPSA) is 34.0 Å². The summed E-state index contributed by atoms with van der Waals surface area (Å²) in [6, 6.07) is 21.5. The number of nitrogens with one attached hydrogen (secondary N) is 1. The van der Waals surface area contributed by atoms with E-state index in [-0.39, 0.29) is 12.5 Å². The Balaban J connectivity index is 1.69. The van der Waals surface area contributed by atoms with Crippen molar-refractivity contribution in [3.63, 3.8) is 0 Å². The minimum Gasteiger partial charge on any atom is -0.344 e.